The highest BCUT2D eigenvalue weighted by atomic mass is 16.6. The van der Waals surface area contributed by atoms with E-state index in [1.54, 1.807) is 69.3 Å². The average Bonchev–Trinajstić information content (AvgIpc) is 2.65. The minimum absolute atomic E-state index is 0.241. The summed E-state index contributed by atoms with van der Waals surface area (Å²) < 4.78 is 10.2. The fourth-order valence-corrected chi connectivity index (χ4v) is 2.31. The van der Waals surface area contributed by atoms with E-state index in [2.05, 4.69) is 16.0 Å². The molecule has 2 aromatic rings. The number of nitrogens with one attached hydrogen (secondary N) is 3. The molecule has 3 amide bonds. The number of amides is 3. The molecule has 29 heavy (non-hydrogen) atoms. The van der Waals surface area contributed by atoms with Crippen LogP contribution in [0.15, 0.2) is 48.5 Å². The number of benzene rings is 2. The van der Waals surface area contributed by atoms with Gasteiger partial charge >= 0.3 is 6.09 Å². The maximum atomic E-state index is 12.4. The van der Waals surface area contributed by atoms with Gasteiger partial charge in [-0.3, -0.25) is 9.59 Å². The number of methoxy groups -OCH3 is 1. The standard InChI is InChI=1S/C21H25N3O5/c1-21(2,3)29-20(27)22-13-18(25)23-15-8-6-9-16(12-15)24-19(26)14-7-5-10-17(11-14)28-4/h5-12H,13H2,1-4H3,(H,22,27)(H,23,25)(H,24,26). The Morgan fingerprint density at radius 2 is 1.59 bits per heavy atom. The van der Waals surface area contributed by atoms with Gasteiger partial charge in [-0.05, 0) is 57.2 Å². The molecule has 0 aromatic heterocycles. The second-order valence-corrected chi connectivity index (χ2v) is 7.17. The number of hydrogen-bond acceptors (Lipinski definition) is 5. The Kier molecular flexibility index (Phi) is 7.19. The highest BCUT2D eigenvalue weighted by Crippen LogP contribution is 2.18. The smallest absolute Gasteiger partial charge is 0.408 e. The summed E-state index contributed by atoms with van der Waals surface area (Å²) in [5, 5.41) is 7.80. The quantitative estimate of drug-likeness (QED) is 0.690. The number of rotatable bonds is 6. The molecule has 0 spiro atoms. The van der Waals surface area contributed by atoms with E-state index in [9.17, 15) is 14.4 Å². The average molecular weight is 399 g/mol. The molecule has 0 saturated carbocycles. The molecule has 0 fully saturated rings. The Bertz CT molecular complexity index is 890. The molecule has 8 heteroatoms. The van der Waals surface area contributed by atoms with E-state index < -0.39 is 17.6 Å². The van der Waals surface area contributed by atoms with Gasteiger partial charge in [0.25, 0.3) is 5.91 Å². The zero-order chi connectivity index (χ0) is 21.4. The first-order chi connectivity index (χ1) is 13.7. The number of anilines is 2. The summed E-state index contributed by atoms with van der Waals surface area (Å²) in [4.78, 5) is 36.0. The van der Waals surface area contributed by atoms with Crippen LogP contribution >= 0.6 is 0 Å². The largest absolute Gasteiger partial charge is 0.497 e. The second kappa shape index (κ2) is 9.59. The lowest BCUT2D eigenvalue weighted by Crippen LogP contribution is -2.37. The molecule has 8 nitrogen and oxygen atoms in total. The van der Waals surface area contributed by atoms with E-state index in [-0.39, 0.29) is 12.5 Å². The monoisotopic (exact) mass is 399 g/mol. The van der Waals surface area contributed by atoms with Crippen molar-refractivity contribution in [1.82, 2.24) is 5.32 Å². The molecule has 0 bridgehead atoms. The molecule has 0 radical (unpaired) electrons. The van der Waals surface area contributed by atoms with Crippen LogP contribution in [0.25, 0.3) is 0 Å². The maximum Gasteiger partial charge on any atom is 0.408 e. The van der Waals surface area contributed by atoms with Crippen molar-refractivity contribution < 1.29 is 23.9 Å². The summed E-state index contributed by atoms with van der Waals surface area (Å²) in [7, 11) is 1.53. The number of carbonyl (C=O) groups is 3. The van der Waals surface area contributed by atoms with Crippen LogP contribution in [0.1, 0.15) is 31.1 Å². The first kappa shape index (κ1) is 21.7. The normalized spacial score (nSPS) is 10.6. The lowest BCUT2D eigenvalue weighted by atomic mass is 10.2. The number of carbonyl (C=O) groups excluding carboxylic acids is 3. The van der Waals surface area contributed by atoms with Gasteiger partial charge in [0.15, 0.2) is 0 Å². The van der Waals surface area contributed by atoms with Crippen molar-refractivity contribution in [3.8, 4) is 5.75 Å². The predicted molar refractivity (Wildman–Crippen MR) is 110 cm³/mol. The fourth-order valence-electron chi connectivity index (χ4n) is 2.31. The summed E-state index contributed by atoms with van der Waals surface area (Å²) >= 11 is 0. The molecule has 0 atom stereocenters. The van der Waals surface area contributed by atoms with Crippen molar-refractivity contribution in [1.29, 1.82) is 0 Å². The van der Waals surface area contributed by atoms with E-state index in [1.807, 2.05) is 0 Å². The Hall–Kier alpha value is -3.55. The molecular weight excluding hydrogens is 374 g/mol. The second-order valence-electron chi connectivity index (χ2n) is 7.17. The molecule has 2 aromatic carbocycles. The predicted octanol–water partition coefficient (Wildman–Crippen LogP) is 3.41. The molecule has 0 saturated heterocycles. The van der Waals surface area contributed by atoms with E-state index in [0.29, 0.717) is 22.7 Å². The van der Waals surface area contributed by atoms with Gasteiger partial charge in [-0.1, -0.05) is 12.1 Å². The number of hydrogen-bond donors (Lipinski definition) is 3. The van der Waals surface area contributed by atoms with Gasteiger partial charge in [0, 0.05) is 16.9 Å². The topological polar surface area (TPSA) is 106 Å². The zero-order valence-electron chi connectivity index (χ0n) is 16.9. The highest BCUT2D eigenvalue weighted by molar-refractivity contribution is 6.05. The van der Waals surface area contributed by atoms with Gasteiger partial charge in [0.1, 0.15) is 17.9 Å². The molecule has 0 aliphatic heterocycles. The third-order valence-corrected chi connectivity index (χ3v) is 3.53. The summed E-state index contributed by atoms with van der Waals surface area (Å²) in [6, 6.07) is 13.5. The van der Waals surface area contributed by atoms with Crippen LogP contribution in [0.3, 0.4) is 0 Å². The van der Waals surface area contributed by atoms with Crippen LogP contribution in [0.5, 0.6) is 5.75 Å². The summed E-state index contributed by atoms with van der Waals surface area (Å²) in [6.07, 6.45) is -0.674. The van der Waals surface area contributed by atoms with E-state index in [4.69, 9.17) is 9.47 Å². The van der Waals surface area contributed by atoms with Crippen LogP contribution in [0.2, 0.25) is 0 Å². The van der Waals surface area contributed by atoms with E-state index >= 15 is 0 Å². The fraction of sp³-hybridized carbons (Fsp3) is 0.286. The third-order valence-electron chi connectivity index (χ3n) is 3.53. The van der Waals surface area contributed by atoms with Crippen molar-refractivity contribution in [3.63, 3.8) is 0 Å². The Morgan fingerprint density at radius 3 is 2.24 bits per heavy atom. The molecule has 154 valence electrons. The zero-order valence-corrected chi connectivity index (χ0v) is 16.9. The highest BCUT2D eigenvalue weighted by Gasteiger charge is 2.16. The summed E-state index contributed by atoms with van der Waals surface area (Å²) in [5.74, 6) is -0.151. The van der Waals surface area contributed by atoms with Gasteiger partial charge in [-0.2, -0.15) is 0 Å². The summed E-state index contributed by atoms with van der Waals surface area (Å²) in [6.45, 7) is 4.96. The van der Waals surface area contributed by atoms with Crippen molar-refractivity contribution in [2.75, 3.05) is 24.3 Å². The maximum absolute atomic E-state index is 12.4. The molecule has 3 N–H and O–H groups in total. The lowest BCUT2D eigenvalue weighted by molar-refractivity contribution is -0.115. The Labute approximate surface area is 169 Å². The minimum Gasteiger partial charge on any atom is -0.497 e. The van der Waals surface area contributed by atoms with Gasteiger partial charge in [-0.25, -0.2) is 4.79 Å². The Balaban J connectivity index is 1.92. The van der Waals surface area contributed by atoms with Crippen LogP contribution in [-0.2, 0) is 9.53 Å². The molecule has 0 aliphatic rings. The van der Waals surface area contributed by atoms with E-state index in [0.717, 1.165) is 0 Å². The van der Waals surface area contributed by atoms with Gasteiger partial charge in [0.2, 0.25) is 5.91 Å². The minimum atomic E-state index is -0.674. The van der Waals surface area contributed by atoms with Gasteiger partial charge < -0.3 is 25.4 Å². The number of alkyl carbamates (subject to hydrolysis) is 1. The Morgan fingerprint density at radius 1 is 0.931 bits per heavy atom. The third kappa shape index (κ3) is 7.53. The summed E-state index contributed by atoms with van der Waals surface area (Å²) in [5.41, 5.74) is 0.788. The lowest BCUT2D eigenvalue weighted by Gasteiger charge is -2.19. The van der Waals surface area contributed by atoms with Gasteiger partial charge in [-0.15, -0.1) is 0 Å². The first-order valence-electron chi connectivity index (χ1n) is 8.98. The molecule has 0 aliphatic carbocycles. The SMILES string of the molecule is COc1cccc(C(=O)Nc2cccc(NC(=O)CNC(=O)OC(C)(C)C)c2)c1. The van der Waals surface area contributed by atoms with Crippen molar-refractivity contribution in [3.05, 3.63) is 54.1 Å². The van der Waals surface area contributed by atoms with Crippen LogP contribution in [-0.4, -0.2) is 37.2 Å². The molecule has 0 heterocycles. The molecule has 2 rings (SSSR count). The van der Waals surface area contributed by atoms with Crippen LogP contribution < -0.4 is 20.7 Å². The van der Waals surface area contributed by atoms with Crippen molar-refractivity contribution in [2.24, 2.45) is 0 Å². The molecule has 0 unspecified atom stereocenters. The van der Waals surface area contributed by atoms with Crippen LogP contribution in [0, 0.1) is 0 Å². The van der Waals surface area contributed by atoms with Crippen LogP contribution in [0.4, 0.5) is 16.2 Å². The van der Waals surface area contributed by atoms with Gasteiger partial charge in [0.05, 0.1) is 7.11 Å². The van der Waals surface area contributed by atoms with Crippen molar-refractivity contribution in [2.45, 2.75) is 26.4 Å². The molecular formula is C21H25N3O5. The van der Waals surface area contributed by atoms with Crippen molar-refractivity contribution >= 4 is 29.3 Å². The first-order valence-corrected chi connectivity index (χ1v) is 8.98. The number of ether oxygens (including phenoxy) is 2. The van der Waals surface area contributed by atoms with E-state index in [1.165, 1.54) is 7.11 Å².